The lowest BCUT2D eigenvalue weighted by Crippen LogP contribution is -2.02. The summed E-state index contributed by atoms with van der Waals surface area (Å²) in [7, 11) is -3.74. The molecule has 168 valence electrons. The van der Waals surface area contributed by atoms with Gasteiger partial charge in [0, 0.05) is 11.4 Å². The molecule has 4 aromatic rings. The molecule has 0 aromatic heterocycles. The van der Waals surface area contributed by atoms with E-state index in [-0.39, 0.29) is 9.79 Å². The minimum absolute atomic E-state index is 0.122. The fourth-order valence-electron chi connectivity index (χ4n) is 3.08. The highest BCUT2D eigenvalue weighted by Crippen LogP contribution is 2.32. The number of nitrogen functional groups attached to an aromatic ring is 4. The second kappa shape index (κ2) is 8.64. The van der Waals surface area contributed by atoms with Crippen LogP contribution < -0.4 is 32.4 Å². The summed E-state index contributed by atoms with van der Waals surface area (Å²) < 4.78 is 37.4. The van der Waals surface area contributed by atoms with Crippen LogP contribution >= 0.6 is 0 Å². The molecule has 4 rings (SSSR count). The molecule has 0 saturated heterocycles. The number of hydrogen-bond acceptors (Lipinski definition) is 8. The van der Waals surface area contributed by atoms with E-state index in [2.05, 4.69) is 0 Å². The molecule has 0 unspecified atom stereocenters. The molecule has 0 spiro atoms. The molecule has 8 nitrogen and oxygen atoms in total. The van der Waals surface area contributed by atoms with E-state index in [0.717, 1.165) is 0 Å². The van der Waals surface area contributed by atoms with Crippen LogP contribution in [0.2, 0.25) is 0 Å². The first-order chi connectivity index (χ1) is 15.7. The molecule has 0 saturated carbocycles. The molecule has 0 fully saturated rings. The Morgan fingerprint density at radius 3 is 1.21 bits per heavy atom. The van der Waals surface area contributed by atoms with Crippen molar-refractivity contribution in [1.29, 1.82) is 0 Å². The molecule has 0 aliphatic heterocycles. The van der Waals surface area contributed by atoms with Gasteiger partial charge in [-0.05, 0) is 84.9 Å². The Labute approximate surface area is 191 Å². The van der Waals surface area contributed by atoms with E-state index in [9.17, 15) is 8.42 Å². The molecule has 9 heteroatoms. The smallest absolute Gasteiger partial charge is 0.206 e. The first-order valence-electron chi connectivity index (χ1n) is 9.83. The lowest BCUT2D eigenvalue weighted by atomic mass is 10.2. The van der Waals surface area contributed by atoms with Crippen molar-refractivity contribution in [3.8, 4) is 23.0 Å². The van der Waals surface area contributed by atoms with Crippen LogP contribution in [0.1, 0.15) is 0 Å². The summed E-state index contributed by atoms with van der Waals surface area (Å²) in [5, 5.41) is 0. The van der Waals surface area contributed by atoms with Crippen LogP contribution in [-0.4, -0.2) is 8.42 Å². The summed E-state index contributed by atoms with van der Waals surface area (Å²) in [5.41, 5.74) is 25.0. The van der Waals surface area contributed by atoms with Crippen molar-refractivity contribution in [3.63, 3.8) is 0 Å². The van der Waals surface area contributed by atoms with Crippen LogP contribution in [0.5, 0.6) is 23.0 Å². The molecule has 0 bridgehead atoms. The van der Waals surface area contributed by atoms with Gasteiger partial charge in [0.2, 0.25) is 9.84 Å². The Kier molecular flexibility index (Phi) is 5.72. The highest BCUT2D eigenvalue weighted by molar-refractivity contribution is 7.91. The molecular formula is C24H22N4O4S. The van der Waals surface area contributed by atoms with Gasteiger partial charge in [-0.15, -0.1) is 0 Å². The maximum Gasteiger partial charge on any atom is 0.206 e. The maximum atomic E-state index is 13.0. The number of benzene rings is 4. The third-order valence-electron chi connectivity index (χ3n) is 4.79. The topological polar surface area (TPSA) is 157 Å². The van der Waals surface area contributed by atoms with Gasteiger partial charge in [-0.25, -0.2) is 8.42 Å². The number of ether oxygens (including phenoxy) is 2. The second-order valence-electron chi connectivity index (χ2n) is 7.24. The van der Waals surface area contributed by atoms with Crippen molar-refractivity contribution in [1.82, 2.24) is 0 Å². The van der Waals surface area contributed by atoms with Crippen LogP contribution in [0.3, 0.4) is 0 Å². The summed E-state index contributed by atoms with van der Waals surface area (Å²) in [4.78, 5) is 0.244. The SMILES string of the molecule is Nc1ccc(Oc2ccc(S(=O)(=O)c3ccc(Oc4ccc(N)cc4N)cc3)cc2)c(N)c1. The van der Waals surface area contributed by atoms with Crippen molar-refractivity contribution < 1.29 is 17.9 Å². The van der Waals surface area contributed by atoms with Crippen LogP contribution in [0.25, 0.3) is 0 Å². The van der Waals surface area contributed by atoms with Gasteiger partial charge in [-0.2, -0.15) is 0 Å². The normalized spacial score (nSPS) is 11.2. The Hall–Kier alpha value is -4.37. The first kappa shape index (κ1) is 21.8. The zero-order valence-corrected chi connectivity index (χ0v) is 18.3. The molecule has 0 amide bonds. The van der Waals surface area contributed by atoms with Gasteiger partial charge in [0.05, 0.1) is 21.2 Å². The van der Waals surface area contributed by atoms with Crippen LogP contribution in [0, 0.1) is 0 Å². The number of hydrogen-bond donors (Lipinski definition) is 4. The lowest BCUT2D eigenvalue weighted by Gasteiger charge is -2.11. The van der Waals surface area contributed by atoms with E-state index < -0.39 is 9.84 Å². The van der Waals surface area contributed by atoms with Crippen molar-refractivity contribution in [2.75, 3.05) is 22.9 Å². The van der Waals surface area contributed by atoms with Crippen LogP contribution in [-0.2, 0) is 9.84 Å². The molecule has 0 aliphatic rings. The van der Waals surface area contributed by atoms with Crippen molar-refractivity contribution in [3.05, 3.63) is 84.9 Å². The summed E-state index contributed by atoms with van der Waals surface area (Å²) in [5.74, 6) is 1.74. The molecular weight excluding hydrogens is 440 g/mol. The van der Waals surface area contributed by atoms with Gasteiger partial charge in [0.15, 0.2) is 0 Å². The van der Waals surface area contributed by atoms with Gasteiger partial charge < -0.3 is 32.4 Å². The van der Waals surface area contributed by atoms with E-state index in [1.807, 2.05) is 0 Å². The fourth-order valence-corrected chi connectivity index (χ4v) is 4.34. The van der Waals surface area contributed by atoms with E-state index >= 15 is 0 Å². The van der Waals surface area contributed by atoms with Gasteiger partial charge >= 0.3 is 0 Å². The molecule has 4 aromatic carbocycles. The Morgan fingerprint density at radius 1 is 0.515 bits per heavy atom. The Morgan fingerprint density at radius 2 is 0.879 bits per heavy atom. The zero-order valence-electron chi connectivity index (χ0n) is 17.4. The average Bonchev–Trinajstić information content (AvgIpc) is 2.78. The lowest BCUT2D eigenvalue weighted by molar-refractivity contribution is 0.484. The second-order valence-corrected chi connectivity index (χ2v) is 9.19. The Bertz CT molecular complexity index is 1300. The summed E-state index contributed by atoms with van der Waals surface area (Å²) in [6.07, 6.45) is 0. The number of rotatable bonds is 6. The van der Waals surface area contributed by atoms with Crippen molar-refractivity contribution in [2.45, 2.75) is 9.79 Å². The molecule has 0 radical (unpaired) electrons. The van der Waals surface area contributed by atoms with E-state index in [1.54, 1.807) is 60.7 Å². The minimum Gasteiger partial charge on any atom is -0.455 e. The first-order valence-corrected chi connectivity index (χ1v) is 11.3. The monoisotopic (exact) mass is 462 g/mol. The van der Waals surface area contributed by atoms with Crippen molar-refractivity contribution in [2.24, 2.45) is 0 Å². The third kappa shape index (κ3) is 4.78. The summed E-state index contributed by atoms with van der Waals surface area (Å²) in [6.45, 7) is 0. The van der Waals surface area contributed by atoms with Gasteiger partial charge in [-0.3, -0.25) is 0 Å². The van der Waals surface area contributed by atoms with Gasteiger partial charge in [0.25, 0.3) is 0 Å². The molecule has 0 atom stereocenters. The van der Waals surface area contributed by atoms with E-state index in [4.69, 9.17) is 32.4 Å². The molecule has 0 heterocycles. The summed E-state index contributed by atoms with van der Waals surface area (Å²) in [6, 6.07) is 21.9. The predicted octanol–water partition coefficient (Wildman–Crippen LogP) is 4.43. The predicted molar refractivity (Wildman–Crippen MR) is 129 cm³/mol. The van der Waals surface area contributed by atoms with Gasteiger partial charge in [0.1, 0.15) is 23.0 Å². The highest BCUT2D eigenvalue weighted by Gasteiger charge is 2.18. The third-order valence-corrected chi connectivity index (χ3v) is 6.58. The standard InChI is InChI=1S/C24H22N4O4S/c25-15-1-11-23(21(27)13-15)31-17-3-7-19(8-4-17)33(29,30)20-9-5-18(6-10-20)32-24-12-2-16(26)14-22(24)28/h1-14H,25-28H2. The highest BCUT2D eigenvalue weighted by atomic mass is 32.2. The molecule has 8 N–H and O–H groups in total. The Balaban J connectivity index is 1.50. The molecule has 33 heavy (non-hydrogen) atoms. The maximum absolute atomic E-state index is 13.0. The van der Waals surface area contributed by atoms with E-state index in [1.165, 1.54) is 24.3 Å². The average molecular weight is 463 g/mol. The number of nitrogens with two attached hydrogens (primary N) is 4. The van der Waals surface area contributed by atoms with Gasteiger partial charge in [-0.1, -0.05) is 0 Å². The fraction of sp³-hybridized carbons (Fsp3) is 0. The van der Waals surface area contributed by atoms with Crippen LogP contribution in [0.4, 0.5) is 22.7 Å². The minimum atomic E-state index is -3.74. The van der Waals surface area contributed by atoms with Crippen LogP contribution in [0.15, 0.2) is 94.7 Å². The van der Waals surface area contributed by atoms with E-state index in [0.29, 0.717) is 45.7 Å². The quantitative estimate of drug-likeness (QED) is 0.306. The zero-order chi connectivity index (χ0) is 23.6. The molecule has 0 aliphatic carbocycles. The largest absolute Gasteiger partial charge is 0.455 e. The van der Waals surface area contributed by atoms with Crippen molar-refractivity contribution >= 4 is 32.6 Å². The summed E-state index contributed by atoms with van der Waals surface area (Å²) >= 11 is 0. The number of sulfone groups is 1. The number of anilines is 4.